The first-order valence-electron chi connectivity index (χ1n) is 9.76. The number of benzene rings is 2. The molecular formula is C22H22Cl2N2O3. The number of phenolic OH excluding ortho intramolecular Hbond substituents is 1. The van der Waals surface area contributed by atoms with Gasteiger partial charge >= 0.3 is 0 Å². The van der Waals surface area contributed by atoms with Crippen LogP contribution in [0.15, 0.2) is 42.5 Å². The largest absolute Gasteiger partial charge is 0.506 e. The van der Waals surface area contributed by atoms with Crippen LogP contribution < -0.4 is 5.32 Å². The monoisotopic (exact) mass is 432 g/mol. The van der Waals surface area contributed by atoms with Gasteiger partial charge in [-0.2, -0.15) is 0 Å². The second-order valence-electron chi connectivity index (χ2n) is 7.72. The Morgan fingerprint density at radius 3 is 2.52 bits per heavy atom. The van der Waals surface area contributed by atoms with Crippen LogP contribution in [0.2, 0.25) is 10.0 Å². The maximum atomic E-state index is 12.8. The Hall–Kier alpha value is -2.24. The minimum atomic E-state index is -0.198. The zero-order chi connectivity index (χ0) is 20.5. The topological polar surface area (TPSA) is 69.6 Å². The van der Waals surface area contributed by atoms with Crippen LogP contribution in [-0.2, 0) is 9.59 Å². The van der Waals surface area contributed by atoms with Crippen molar-refractivity contribution < 1.29 is 14.7 Å². The summed E-state index contributed by atoms with van der Waals surface area (Å²) in [5, 5.41) is 13.8. The summed E-state index contributed by atoms with van der Waals surface area (Å²) in [5.41, 5.74) is 1.35. The summed E-state index contributed by atoms with van der Waals surface area (Å²) < 4.78 is 0. The smallest absolute Gasteiger partial charge is 0.227 e. The van der Waals surface area contributed by atoms with Crippen molar-refractivity contribution in [3.63, 3.8) is 0 Å². The molecule has 0 bridgehead atoms. The molecule has 7 heteroatoms. The van der Waals surface area contributed by atoms with Gasteiger partial charge in [-0.3, -0.25) is 9.59 Å². The number of anilines is 1. The number of hydrogen-bond acceptors (Lipinski definition) is 3. The second kappa shape index (κ2) is 8.25. The summed E-state index contributed by atoms with van der Waals surface area (Å²) in [6, 6.07) is 12.2. The Morgan fingerprint density at radius 1 is 1.07 bits per heavy atom. The summed E-state index contributed by atoms with van der Waals surface area (Å²) in [7, 11) is 0. The van der Waals surface area contributed by atoms with E-state index in [9.17, 15) is 14.7 Å². The van der Waals surface area contributed by atoms with Crippen LogP contribution >= 0.6 is 23.2 Å². The SMILES string of the molecule is O=C(Nc1cc(Cl)ccc1O)C1CCN(C(=O)C2CC2c2ccccc2Cl)CC1. The number of piperidine rings is 1. The molecule has 2 atom stereocenters. The minimum absolute atomic E-state index is 0.0105. The number of aromatic hydroxyl groups is 1. The molecule has 0 spiro atoms. The normalized spacial score (nSPS) is 21.7. The fourth-order valence-corrected chi connectivity index (χ4v) is 4.48. The van der Waals surface area contributed by atoms with E-state index < -0.39 is 0 Å². The van der Waals surface area contributed by atoms with Gasteiger partial charge in [-0.15, -0.1) is 0 Å². The van der Waals surface area contributed by atoms with Gasteiger partial charge in [-0.25, -0.2) is 0 Å². The average Bonchev–Trinajstić information content (AvgIpc) is 3.51. The van der Waals surface area contributed by atoms with Crippen molar-refractivity contribution >= 4 is 40.7 Å². The van der Waals surface area contributed by atoms with Gasteiger partial charge in [0, 0.05) is 35.0 Å². The van der Waals surface area contributed by atoms with E-state index in [1.807, 2.05) is 29.2 Å². The van der Waals surface area contributed by atoms with Crippen LogP contribution in [-0.4, -0.2) is 34.9 Å². The molecule has 29 heavy (non-hydrogen) atoms. The molecule has 2 aliphatic rings. The standard InChI is InChI=1S/C22H22Cl2N2O3/c23-14-5-6-20(27)19(11-14)25-21(28)13-7-9-26(10-8-13)22(29)17-12-16(17)15-3-1-2-4-18(15)24/h1-6,11,13,16-17,27H,7-10,12H2,(H,25,28). The van der Waals surface area contributed by atoms with Crippen LogP contribution in [0, 0.1) is 11.8 Å². The maximum Gasteiger partial charge on any atom is 0.227 e. The highest BCUT2D eigenvalue weighted by molar-refractivity contribution is 6.31. The van der Waals surface area contributed by atoms with Gasteiger partial charge in [0.15, 0.2) is 0 Å². The number of hydrogen-bond donors (Lipinski definition) is 2. The average molecular weight is 433 g/mol. The van der Waals surface area contributed by atoms with E-state index in [-0.39, 0.29) is 35.3 Å². The molecule has 0 radical (unpaired) electrons. The molecule has 2 fully saturated rings. The van der Waals surface area contributed by atoms with E-state index in [0.717, 1.165) is 12.0 Å². The van der Waals surface area contributed by atoms with Gasteiger partial charge in [0.1, 0.15) is 5.75 Å². The van der Waals surface area contributed by atoms with Gasteiger partial charge in [0.05, 0.1) is 5.69 Å². The van der Waals surface area contributed by atoms with E-state index in [2.05, 4.69) is 5.32 Å². The number of likely N-dealkylation sites (tertiary alicyclic amines) is 1. The van der Waals surface area contributed by atoms with Gasteiger partial charge in [-0.05, 0) is 55.0 Å². The number of carbonyl (C=O) groups excluding carboxylic acids is 2. The van der Waals surface area contributed by atoms with E-state index in [0.29, 0.717) is 41.7 Å². The minimum Gasteiger partial charge on any atom is -0.506 e. The molecule has 2 N–H and O–H groups in total. The molecule has 2 amide bonds. The zero-order valence-corrected chi connectivity index (χ0v) is 17.3. The Kier molecular flexibility index (Phi) is 5.70. The second-order valence-corrected chi connectivity index (χ2v) is 8.56. The number of nitrogens with one attached hydrogen (secondary N) is 1. The Morgan fingerprint density at radius 2 is 1.79 bits per heavy atom. The molecule has 1 saturated heterocycles. The van der Waals surface area contributed by atoms with Crippen molar-refractivity contribution in [2.45, 2.75) is 25.2 Å². The molecular weight excluding hydrogens is 411 g/mol. The molecule has 2 unspecified atom stereocenters. The van der Waals surface area contributed by atoms with Crippen molar-refractivity contribution in [1.29, 1.82) is 0 Å². The third kappa shape index (κ3) is 4.36. The lowest BCUT2D eigenvalue weighted by Gasteiger charge is -2.31. The van der Waals surface area contributed by atoms with Crippen molar-refractivity contribution in [1.82, 2.24) is 4.90 Å². The fraction of sp³-hybridized carbons (Fsp3) is 0.364. The molecule has 5 nitrogen and oxygen atoms in total. The number of carbonyl (C=O) groups is 2. The highest BCUT2D eigenvalue weighted by Gasteiger charge is 2.47. The zero-order valence-electron chi connectivity index (χ0n) is 15.8. The molecule has 1 saturated carbocycles. The van der Waals surface area contributed by atoms with Crippen molar-refractivity contribution in [2.75, 3.05) is 18.4 Å². The van der Waals surface area contributed by atoms with Crippen LogP contribution in [0.3, 0.4) is 0 Å². The summed E-state index contributed by atoms with van der Waals surface area (Å²) >= 11 is 12.2. The number of amides is 2. The van der Waals surface area contributed by atoms with Crippen LogP contribution in [0.5, 0.6) is 5.75 Å². The summed E-state index contributed by atoms with van der Waals surface area (Å²) in [5.74, 6) is -0.0336. The predicted octanol–water partition coefficient (Wildman–Crippen LogP) is 4.68. The summed E-state index contributed by atoms with van der Waals surface area (Å²) in [4.78, 5) is 27.2. The lowest BCUT2D eigenvalue weighted by atomic mass is 9.95. The van der Waals surface area contributed by atoms with Crippen molar-refractivity contribution in [3.05, 3.63) is 58.1 Å². The van der Waals surface area contributed by atoms with Gasteiger partial charge in [-0.1, -0.05) is 41.4 Å². The number of nitrogens with zero attached hydrogens (tertiary/aromatic N) is 1. The first-order chi connectivity index (χ1) is 13.9. The maximum absolute atomic E-state index is 12.8. The summed E-state index contributed by atoms with van der Waals surface area (Å²) in [6.45, 7) is 1.12. The van der Waals surface area contributed by atoms with Gasteiger partial charge in [0.2, 0.25) is 11.8 Å². The van der Waals surface area contributed by atoms with Gasteiger partial charge in [0.25, 0.3) is 0 Å². The number of halogens is 2. The van der Waals surface area contributed by atoms with Crippen LogP contribution in [0.4, 0.5) is 5.69 Å². The molecule has 152 valence electrons. The van der Waals surface area contributed by atoms with Gasteiger partial charge < -0.3 is 15.3 Å². The molecule has 1 aliphatic carbocycles. The molecule has 2 aromatic carbocycles. The third-order valence-electron chi connectivity index (χ3n) is 5.81. The Balaban J connectivity index is 1.30. The lowest BCUT2D eigenvalue weighted by Crippen LogP contribution is -2.42. The molecule has 4 rings (SSSR count). The molecule has 1 heterocycles. The van der Waals surface area contributed by atoms with Crippen molar-refractivity contribution in [3.8, 4) is 5.75 Å². The van der Waals surface area contributed by atoms with E-state index in [1.54, 1.807) is 6.07 Å². The summed E-state index contributed by atoms with van der Waals surface area (Å²) in [6.07, 6.45) is 2.03. The highest BCUT2D eigenvalue weighted by atomic mass is 35.5. The number of phenols is 1. The molecule has 0 aromatic heterocycles. The van der Waals surface area contributed by atoms with E-state index >= 15 is 0 Å². The quantitative estimate of drug-likeness (QED) is 0.688. The first kappa shape index (κ1) is 20.0. The van der Waals surface area contributed by atoms with E-state index in [4.69, 9.17) is 23.2 Å². The lowest BCUT2D eigenvalue weighted by molar-refractivity contribution is -0.135. The van der Waals surface area contributed by atoms with Crippen molar-refractivity contribution in [2.24, 2.45) is 11.8 Å². The number of rotatable bonds is 4. The Labute approximate surface area is 179 Å². The predicted molar refractivity (Wildman–Crippen MR) is 113 cm³/mol. The molecule has 2 aromatic rings. The first-order valence-corrected chi connectivity index (χ1v) is 10.5. The van der Waals surface area contributed by atoms with Crippen LogP contribution in [0.25, 0.3) is 0 Å². The van der Waals surface area contributed by atoms with E-state index in [1.165, 1.54) is 12.1 Å². The van der Waals surface area contributed by atoms with Crippen LogP contribution in [0.1, 0.15) is 30.7 Å². The Bertz CT molecular complexity index is 941. The third-order valence-corrected chi connectivity index (χ3v) is 6.39. The molecule has 1 aliphatic heterocycles. The highest BCUT2D eigenvalue weighted by Crippen LogP contribution is 2.50. The fourth-order valence-electron chi connectivity index (χ4n) is 4.03.